The highest BCUT2D eigenvalue weighted by atomic mass is 16.7. The van der Waals surface area contributed by atoms with Gasteiger partial charge in [-0.15, -0.1) is 0 Å². The summed E-state index contributed by atoms with van der Waals surface area (Å²) < 4.78 is 11.0. The average Bonchev–Trinajstić information content (AvgIpc) is 3.17. The van der Waals surface area contributed by atoms with E-state index in [0.717, 1.165) is 24.8 Å². The Labute approximate surface area is 116 Å². The van der Waals surface area contributed by atoms with Crippen LogP contribution in [0.5, 0.6) is 5.75 Å². The molecular weight excluding hydrogens is 238 g/mol. The molecule has 0 spiro atoms. The Morgan fingerprint density at radius 2 is 1.84 bits per heavy atom. The molecule has 0 aliphatic heterocycles. The lowest BCUT2D eigenvalue weighted by Gasteiger charge is -2.20. The normalized spacial score (nSPS) is 15.5. The van der Waals surface area contributed by atoms with Crippen LogP contribution >= 0.6 is 0 Å². The fraction of sp³-hybridized carbons (Fsp3) is 0.625. The van der Waals surface area contributed by atoms with Crippen LogP contribution < -0.4 is 10.1 Å². The molecule has 0 unspecified atom stereocenters. The first kappa shape index (κ1) is 14.4. The van der Waals surface area contributed by atoms with Gasteiger partial charge in [-0.1, -0.05) is 12.1 Å². The Bertz CT molecular complexity index is 377. The number of rotatable bonds is 7. The molecular formula is C16H25NO2. The van der Waals surface area contributed by atoms with Crippen molar-refractivity contribution in [3.63, 3.8) is 0 Å². The van der Waals surface area contributed by atoms with Crippen molar-refractivity contribution >= 4 is 0 Å². The summed E-state index contributed by atoms with van der Waals surface area (Å²) >= 11 is 0. The zero-order valence-electron chi connectivity index (χ0n) is 12.2. The second-order valence-electron chi connectivity index (χ2n) is 6.32. The standard InChI is InChI=1S/C16H25NO2/c1-16(2,3)17-10-13-6-8-15(9-7-13)19-12-18-11-14-4-5-14/h6-9,14,17H,4-5,10-12H2,1-3H3. The van der Waals surface area contributed by atoms with E-state index in [4.69, 9.17) is 9.47 Å². The van der Waals surface area contributed by atoms with Crippen molar-refractivity contribution in [2.24, 2.45) is 5.92 Å². The van der Waals surface area contributed by atoms with E-state index in [9.17, 15) is 0 Å². The van der Waals surface area contributed by atoms with Crippen LogP contribution in [-0.4, -0.2) is 18.9 Å². The lowest BCUT2D eigenvalue weighted by atomic mass is 10.1. The fourth-order valence-electron chi connectivity index (χ4n) is 1.68. The van der Waals surface area contributed by atoms with Crippen molar-refractivity contribution in [3.8, 4) is 5.75 Å². The van der Waals surface area contributed by atoms with Gasteiger partial charge in [-0.3, -0.25) is 0 Å². The maximum Gasteiger partial charge on any atom is 0.189 e. The van der Waals surface area contributed by atoms with Gasteiger partial charge in [0.2, 0.25) is 0 Å². The molecule has 0 atom stereocenters. The van der Waals surface area contributed by atoms with E-state index >= 15 is 0 Å². The maximum atomic E-state index is 5.54. The van der Waals surface area contributed by atoms with Gasteiger partial charge in [0, 0.05) is 12.1 Å². The SMILES string of the molecule is CC(C)(C)NCc1ccc(OCOCC2CC2)cc1. The Kier molecular flexibility index (Phi) is 4.83. The highest BCUT2D eigenvalue weighted by Crippen LogP contribution is 2.28. The summed E-state index contributed by atoms with van der Waals surface area (Å²) in [5.41, 5.74) is 1.41. The molecule has 1 aromatic carbocycles. The number of ether oxygens (including phenoxy) is 2. The van der Waals surface area contributed by atoms with Crippen molar-refractivity contribution in [3.05, 3.63) is 29.8 Å². The molecule has 0 saturated heterocycles. The summed E-state index contributed by atoms with van der Waals surface area (Å²) in [6.07, 6.45) is 2.63. The van der Waals surface area contributed by atoms with Gasteiger partial charge in [0.05, 0.1) is 6.61 Å². The second-order valence-corrected chi connectivity index (χ2v) is 6.32. The quantitative estimate of drug-likeness (QED) is 0.604. The fourth-order valence-corrected chi connectivity index (χ4v) is 1.68. The van der Waals surface area contributed by atoms with Crippen LogP contribution in [0.1, 0.15) is 39.2 Å². The van der Waals surface area contributed by atoms with Crippen LogP contribution in [0, 0.1) is 5.92 Å². The molecule has 0 radical (unpaired) electrons. The average molecular weight is 263 g/mol. The van der Waals surface area contributed by atoms with E-state index < -0.39 is 0 Å². The predicted molar refractivity (Wildman–Crippen MR) is 77.2 cm³/mol. The van der Waals surface area contributed by atoms with Crippen LogP contribution in [0.3, 0.4) is 0 Å². The minimum Gasteiger partial charge on any atom is -0.468 e. The van der Waals surface area contributed by atoms with Gasteiger partial charge in [0.25, 0.3) is 0 Å². The summed E-state index contributed by atoms with van der Waals surface area (Å²) in [5, 5.41) is 3.46. The Hall–Kier alpha value is -1.06. The lowest BCUT2D eigenvalue weighted by Crippen LogP contribution is -2.35. The molecule has 3 heteroatoms. The van der Waals surface area contributed by atoms with Crippen LogP contribution in [-0.2, 0) is 11.3 Å². The van der Waals surface area contributed by atoms with Crippen molar-refractivity contribution in [1.29, 1.82) is 0 Å². The summed E-state index contributed by atoms with van der Waals surface area (Å²) in [5.74, 6) is 1.66. The van der Waals surface area contributed by atoms with Gasteiger partial charge in [-0.25, -0.2) is 0 Å². The van der Waals surface area contributed by atoms with E-state index in [1.165, 1.54) is 18.4 Å². The molecule has 1 aliphatic rings. The lowest BCUT2D eigenvalue weighted by molar-refractivity contribution is 0.00997. The van der Waals surface area contributed by atoms with E-state index in [0.29, 0.717) is 6.79 Å². The van der Waals surface area contributed by atoms with E-state index in [2.05, 4.69) is 38.2 Å². The zero-order chi connectivity index (χ0) is 13.7. The molecule has 0 bridgehead atoms. The zero-order valence-corrected chi connectivity index (χ0v) is 12.2. The smallest absolute Gasteiger partial charge is 0.189 e. The van der Waals surface area contributed by atoms with E-state index in [1.54, 1.807) is 0 Å². The molecule has 1 aliphatic carbocycles. The molecule has 0 amide bonds. The molecule has 1 N–H and O–H groups in total. The first-order valence-corrected chi connectivity index (χ1v) is 7.07. The van der Waals surface area contributed by atoms with Gasteiger partial charge >= 0.3 is 0 Å². The van der Waals surface area contributed by atoms with Crippen LogP contribution in [0.25, 0.3) is 0 Å². The van der Waals surface area contributed by atoms with Gasteiger partial charge in [-0.2, -0.15) is 0 Å². The first-order valence-electron chi connectivity index (χ1n) is 7.07. The van der Waals surface area contributed by atoms with E-state index in [-0.39, 0.29) is 5.54 Å². The first-order chi connectivity index (χ1) is 9.03. The molecule has 2 rings (SSSR count). The molecule has 0 aromatic heterocycles. The topological polar surface area (TPSA) is 30.5 Å². The largest absolute Gasteiger partial charge is 0.468 e. The molecule has 1 aromatic rings. The minimum atomic E-state index is 0.145. The third kappa shape index (κ3) is 6.08. The van der Waals surface area contributed by atoms with Crippen LogP contribution in [0.2, 0.25) is 0 Å². The summed E-state index contributed by atoms with van der Waals surface area (Å²) in [6, 6.07) is 8.18. The van der Waals surface area contributed by atoms with Gasteiger partial charge in [-0.05, 0) is 57.2 Å². The molecule has 1 saturated carbocycles. The van der Waals surface area contributed by atoms with Gasteiger partial charge < -0.3 is 14.8 Å². The summed E-state index contributed by atoms with van der Waals surface area (Å²) in [6.45, 7) is 8.58. The number of nitrogens with one attached hydrogen (secondary N) is 1. The van der Waals surface area contributed by atoms with Crippen molar-refractivity contribution < 1.29 is 9.47 Å². The monoisotopic (exact) mass is 263 g/mol. The van der Waals surface area contributed by atoms with Crippen molar-refractivity contribution in [2.45, 2.75) is 45.7 Å². The van der Waals surface area contributed by atoms with Gasteiger partial charge in [0.15, 0.2) is 6.79 Å². The molecule has 3 nitrogen and oxygen atoms in total. The Balaban J connectivity index is 1.68. The maximum absolute atomic E-state index is 5.54. The Morgan fingerprint density at radius 3 is 2.42 bits per heavy atom. The minimum absolute atomic E-state index is 0.145. The molecule has 0 heterocycles. The molecule has 19 heavy (non-hydrogen) atoms. The van der Waals surface area contributed by atoms with Gasteiger partial charge in [0.1, 0.15) is 5.75 Å². The summed E-state index contributed by atoms with van der Waals surface area (Å²) in [4.78, 5) is 0. The van der Waals surface area contributed by atoms with Crippen molar-refractivity contribution in [2.75, 3.05) is 13.4 Å². The van der Waals surface area contributed by atoms with Crippen molar-refractivity contribution in [1.82, 2.24) is 5.32 Å². The third-order valence-corrected chi connectivity index (χ3v) is 3.11. The molecule has 106 valence electrons. The highest BCUT2D eigenvalue weighted by Gasteiger charge is 2.21. The number of hydrogen-bond acceptors (Lipinski definition) is 3. The molecule has 1 fully saturated rings. The van der Waals surface area contributed by atoms with Crippen LogP contribution in [0.4, 0.5) is 0 Å². The summed E-state index contributed by atoms with van der Waals surface area (Å²) in [7, 11) is 0. The second kappa shape index (κ2) is 6.40. The van der Waals surface area contributed by atoms with E-state index in [1.807, 2.05) is 12.1 Å². The predicted octanol–water partition coefficient (Wildman–Crippen LogP) is 3.34. The number of benzene rings is 1. The number of hydrogen-bond donors (Lipinski definition) is 1. The highest BCUT2D eigenvalue weighted by molar-refractivity contribution is 5.27. The third-order valence-electron chi connectivity index (χ3n) is 3.11. The van der Waals surface area contributed by atoms with Crippen LogP contribution in [0.15, 0.2) is 24.3 Å². The Morgan fingerprint density at radius 1 is 1.16 bits per heavy atom.